The summed E-state index contributed by atoms with van der Waals surface area (Å²) in [5.74, 6) is -0.459. The van der Waals surface area contributed by atoms with Crippen LogP contribution in [-0.2, 0) is 0 Å². The molecule has 0 heterocycles. The first-order valence-electron chi connectivity index (χ1n) is 8.21. The first-order chi connectivity index (χ1) is 10.6. The van der Waals surface area contributed by atoms with Crippen molar-refractivity contribution in [3.8, 4) is 5.75 Å². The van der Waals surface area contributed by atoms with Crippen LogP contribution in [0.2, 0.25) is 0 Å². The van der Waals surface area contributed by atoms with Crippen LogP contribution in [0.5, 0.6) is 5.75 Å². The molecule has 0 bridgehead atoms. The average Bonchev–Trinajstić information content (AvgIpc) is 2.52. The number of unbranched alkanes of at least 4 members (excludes halogenated alkanes) is 3. The summed E-state index contributed by atoms with van der Waals surface area (Å²) in [6.45, 7) is 6.99. The van der Waals surface area contributed by atoms with Gasteiger partial charge in [0.25, 0.3) is 5.91 Å². The second kappa shape index (κ2) is 9.23. The van der Waals surface area contributed by atoms with Gasteiger partial charge in [-0.05, 0) is 26.3 Å². The highest BCUT2D eigenvalue weighted by Crippen LogP contribution is 2.24. The molecule has 1 rings (SSSR count). The second-order valence-electron chi connectivity index (χ2n) is 5.41. The third-order valence-corrected chi connectivity index (χ3v) is 3.86. The van der Waals surface area contributed by atoms with Gasteiger partial charge in [0.1, 0.15) is 5.75 Å². The molecule has 0 aromatic heterocycles. The summed E-state index contributed by atoms with van der Waals surface area (Å²) < 4.78 is 0. The second-order valence-corrected chi connectivity index (χ2v) is 5.41. The Bertz CT molecular complexity index is 507. The Morgan fingerprint density at radius 1 is 1.05 bits per heavy atom. The predicted octanol–water partition coefficient (Wildman–Crippen LogP) is 4.03. The van der Waals surface area contributed by atoms with Crippen LogP contribution in [-0.4, -0.2) is 34.8 Å². The maximum Gasteiger partial charge on any atom is 0.258 e. The number of hydrogen-bond donors (Lipinski definition) is 1. The van der Waals surface area contributed by atoms with E-state index in [1.807, 2.05) is 13.8 Å². The van der Waals surface area contributed by atoms with Crippen LogP contribution in [0.15, 0.2) is 18.2 Å². The molecule has 0 radical (unpaired) electrons. The van der Waals surface area contributed by atoms with Gasteiger partial charge in [-0.1, -0.05) is 38.3 Å². The number of carbonyl (C=O) groups excluding carboxylic acids is 2. The van der Waals surface area contributed by atoms with Crippen molar-refractivity contribution in [3.05, 3.63) is 29.3 Å². The van der Waals surface area contributed by atoms with E-state index in [-0.39, 0.29) is 23.0 Å². The zero-order valence-corrected chi connectivity index (χ0v) is 13.9. The zero-order valence-electron chi connectivity index (χ0n) is 13.9. The molecule has 0 saturated heterocycles. The zero-order chi connectivity index (χ0) is 16.5. The van der Waals surface area contributed by atoms with E-state index < -0.39 is 0 Å². The fraction of sp³-hybridized carbons (Fsp3) is 0.556. The van der Waals surface area contributed by atoms with Gasteiger partial charge in [0.05, 0.1) is 5.56 Å². The summed E-state index contributed by atoms with van der Waals surface area (Å²) in [7, 11) is 0. The fourth-order valence-corrected chi connectivity index (χ4v) is 2.51. The molecule has 0 atom stereocenters. The van der Waals surface area contributed by atoms with Crippen molar-refractivity contribution < 1.29 is 14.7 Å². The molecule has 0 aliphatic carbocycles. The van der Waals surface area contributed by atoms with Gasteiger partial charge in [0, 0.05) is 25.1 Å². The molecule has 1 N–H and O–H groups in total. The maximum absolute atomic E-state index is 12.5. The molecule has 0 aliphatic rings. The first kappa shape index (κ1) is 18.2. The number of Topliss-reactive ketones (excluding diaryl/α,β-unsaturated/α-hetero) is 1. The van der Waals surface area contributed by atoms with Crippen molar-refractivity contribution >= 4 is 11.7 Å². The molecular formula is C18H27NO3. The van der Waals surface area contributed by atoms with Crippen molar-refractivity contribution in [3.63, 3.8) is 0 Å². The molecule has 0 fully saturated rings. The number of ketones is 1. The Morgan fingerprint density at radius 3 is 2.32 bits per heavy atom. The fourth-order valence-electron chi connectivity index (χ4n) is 2.51. The van der Waals surface area contributed by atoms with Gasteiger partial charge < -0.3 is 10.0 Å². The average molecular weight is 305 g/mol. The van der Waals surface area contributed by atoms with Crippen LogP contribution in [0.4, 0.5) is 0 Å². The molecule has 1 amide bonds. The Labute approximate surface area is 133 Å². The van der Waals surface area contributed by atoms with Crippen LogP contribution in [0.3, 0.4) is 0 Å². The van der Waals surface area contributed by atoms with Crippen LogP contribution >= 0.6 is 0 Å². The lowest BCUT2D eigenvalue weighted by Gasteiger charge is -2.20. The first-order valence-corrected chi connectivity index (χ1v) is 8.21. The smallest absolute Gasteiger partial charge is 0.258 e. The molecule has 22 heavy (non-hydrogen) atoms. The van der Waals surface area contributed by atoms with E-state index in [0.29, 0.717) is 25.1 Å². The minimum absolute atomic E-state index is 0.0671. The topological polar surface area (TPSA) is 57.6 Å². The van der Waals surface area contributed by atoms with Crippen LogP contribution in [0.25, 0.3) is 0 Å². The monoisotopic (exact) mass is 305 g/mol. The Balaban J connectivity index is 2.98. The van der Waals surface area contributed by atoms with Crippen molar-refractivity contribution in [2.24, 2.45) is 0 Å². The molecule has 4 heteroatoms. The predicted molar refractivity (Wildman–Crippen MR) is 88.4 cm³/mol. The molecule has 0 aliphatic heterocycles. The Kier molecular flexibility index (Phi) is 7.64. The number of carbonyl (C=O) groups is 2. The van der Waals surface area contributed by atoms with E-state index in [9.17, 15) is 14.7 Å². The normalized spacial score (nSPS) is 10.5. The lowest BCUT2D eigenvalue weighted by atomic mass is 9.97. The Morgan fingerprint density at radius 2 is 1.73 bits per heavy atom. The van der Waals surface area contributed by atoms with Gasteiger partial charge in [-0.2, -0.15) is 0 Å². The number of rotatable bonds is 9. The molecule has 4 nitrogen and oxygen atoms in total. The van der Waals surface area contributed by atoms with E-state index in [1.54, 1.807) is 17.0 Å². The van der Waals surface area contributed by atoms with E-state index in [1.165, 1.54) is 6.07 Å². The van der Waals surface area contributed by atoms with Crippen molar-refractivity contribution in [2.45, 2.75) is 52.9 Å². The number of aromatic hydroxyl groups is 1. The number of phenolic OH excluding ortho intramolecular Hbond substituents is 1. The van der Waals surface area contributed by atoms with Gasteiger partial charge in [-0.25, -0.2) is 0 Å². The SMILES string of the molecule is CCCCCCC(=O)c1cccc(O)c1C(=O)N(CC)CC. The minimum Gasteiger partial charge on any atom is -0.507 e. The summed E-state index contributed by atoms with van der Waals surface area (Å²) >= 11 is 0. The molecule has 0 unspecified atom stereocenters. The summed E-state index contributed by atoms with van der Waals surface area (Å²) in [6.07, 6.45) is 4.48. The van der Waals surface area contributed by atoms with E-state index >= 15 is 0 Å². The Hall–Kier alpha value is -1.84. The summed E-state index contributed by atoms with van der Waals surface area (Å²) in [5, 5.41) is 10.1. The van der Waals surface area contributed by atoms with Gasteiger partial charge in [-0.15, -0.1) is 0 Å². The molecule has 1 aromatic rings. The molecular weight excluding hydrogens is 278 g/mol. The standard InChI is InChI=1S/C18H27NO3/c1-4-7-8-9-12-15(20)14-11-10-13-16(21)17(14)18(22)19(5-2)6-3/h10-11,13,21H,4-9,12H2,1-3H3. The summed E-state index contributed by atoms with van der Waals surface area (Å²) in [5.41, 5.74) is 0.486. The highest BCUT2D eigenvalue weighted by Gasteiger charge is 2.23. The van der Waals surface area contributed by atoms with Crippen molar-refractivity contribution in [1.29, 1.82) is 0 Å². The van der Waals surface area contributed by atoms with Crippen LogP contribution in [0, 0.1) is 0 Å². The van der Waals surface area contributed by atoms with Gasteiger partial charge in [-0.3, -0.25) is 9.59 Å². The van der Waals surface area contributed by atoms with Gasteiger partial charge >= 0.3 is 0 Å². The quantitative estimate of drug-likeness (QED) is 0.553. The van der Waals surface area contributed by atoms with E-state index in [2.05, 4.69) is 6.92 Å². The van der Waals surface area contributed by atoms with Crippen LogP contribution in [0.1, 0.15) is 73.6 Å². The number of amides is 1. The molecule has 0 saturated carbocycles. The van der Waals surface area contributed by atoms with Crippen LogP contribution < -0.4 is 0 Å². The number of hydrogen-bond acceptors (Lipinski definition) is 3. The van der Waals surface area contributed by atoms with Gasteiger partial charge in [0.2, 0.25) is 0 Å². The number of phenols is 1. The highest BCUT2D eigenvalue weighted by atomic mass is 16.3. The third-order valence-electron chi connectivity index (χ3n) is 3.86. The number of nitrogens with zero attached hydrogens (tertiary/aromatic N) is 1. The minimum atomic E-state index is -0.278. The largest absolute Gasteiger partial charge is 0.507 e. The van der Waals surface area contributed by atoms with Gasteiger partial charge in [0.15, 0.2) is 5.78 Å². The molecule has 122 valence electrons. The van der Waals surface area contributed by atoms with Crippen molar-refractivity contribution in [1.82, 2.24) is 4.90 Å². The lowest BCUT2D eigenvalue weighted by Crippen LogP contribution is -2.31. The molecule has 0 spiro atoms. The maximum atomic E-state index is 12.5. The molecule has 1 aromatic carbocycles. The third kappa shape index (κ3) is 4.58. The highest BCUT2D eigenvalue weighted by molar-refractivity contribution is 6.09. The summed E-state index contributed by atoms with van der Waals surface area (Å²) in [4.78, 5) is 26.6. The number of benzene rings is 1. The van der Waals surface area contributed by atoms with E-state index in [4.69, 9.17) is 0 Å². The summed E-state index contributed by atoms with van der Waals surface area (Å²) in [6, 6.07) is 4.72. The van der Waals surface area contributed by atoms with E-state index in [0.717, 1.165) is 25.7 Å². The van der Waals surface area contributed by atoms with Crippen molar-refractivity contribution in [2.75, 3.05) is 13.1 Å². The lowest BCUT2D eigenvalue weighted by molar-refractivity contribution is 0.0763.